The Balaban J connectivity index is 1.47. The van der Waals surface area contributed by atoms with E-state index in [4.69, 9.17) is 4.98 Å². The monoisotopic (exact) mass is 546 g/mol. The van der Waals surface area contributed by atoms with Gasteiger partial charge in [0, 0.05) is 24.2 Å². The number of fused-ring (bicyclic) bond motifs is 1. The third-order valence-corrected chi connectivity index (χ3v) is 8.51. The van der Waals surface area contributed by atoms with E-state index in [1.54, 1.807) is 20.0 Å². The number of rotatable bonds is 7. The first-order valence-electron chi connectivity index (χ1n) is 13.7. The highest BCUT2D eigenvalue weighted by atomic mass is 19.1. The summed E-state index contributed by atoms with van der Waals surface area (Å²) in [6.45, 7) is 7.27. The summed E-state index contributed by atoms with van der Waals surface area (Å²) in [6, 6.07) is 1.26. The van der Waals surface area contributed by atoms with Gasteiger partial charge >= 0.3 is 0 Å². The van der Waals surface area contributed by atoms with Gasteiger partial charge in [0.05, 0.1) is 17.4 Å². The largest absolute Gasteiger partial charge is 0.390 e. The number of hydrogen-bond donors (Lipinski definition) is 4. The number of nitrogens with zero attached hydrogens (tertiary/aromatic N) is 4. The summed E-state index contributed by atoms with van der Waals surface area (Å²) in [6.07, 6.45) is 7.24. The lowest BCUT2D eigenvalue weighted by atomic mass is 9.77. The molecule has 0 radical (unpaired) electrons. The van der Waals surface area contributed by atoms with E-state index in [0.29, 0.717) is 35.7 Å². The van der Waals surface area contributed by atoms with E-state index in [2.05, 4.69) is 20.6 Å². The Morgan fingerprint density at radius 3 is 2.08 bits per heavy atom. The van der Waals surface area contributed by atoms with Crippen molar-refractivity contribution in [3.63, 3.8) is 0 Å². The van der Waals surface area contributed by atoms with E-state index in [1.807, 2.05) is 18.4 Å². The molecule has 2 fully saturated rings. The Bertz CT molecular complexity index is 1320. The Morgan fingerprint density at radius 2 is 1.49 bits per heavy atom. The zero-order valence-electron chi connectivity index (χ0n) is 22.8. The zero-order chi connectivity index (χ0) is 28.1. The number of imidazole rings is 1. The lowest BCUT2D eigenvalue weighted by Gasteiger charge is -2.36. The topological polar surface area (TPSA) is 108 Å². The van der Waals surface area contributed by atoms with Gasteiger partial charge in [0.15, 0.2) is 17.3 Å². The molecule has 5 rings (SSSR count). The van der Waals surface area contributed by atoms with E-state index in [0.717, 1.165) is 38.5 Å². The van der Waals surface area contributed by atoms with Crippen LogP contribution in [-0.4, -0.2) is 47.0 Å². The molecular weight excluding hydrogens is 509 g/mol. The molecule has 2 aliphatic carbocycles. The molecule has 1 aromatic carbocycles. The minimum atomic E-state index is -1.07. The molecule has 11 heteroatoms. The molecule has 2 atom stereocenters. The van der Waals surface area contributed by atoms with Crippen LogP contribution in [0.3, 0.4) is 0 Å². The van der Waals surface area contributed by atoms with E-state index in [-0.39, 0.29) is 29.9 Å². The number of anilines is 3. The number of benzene rings is 1. The van der Waals surface area contributed by atoms with Crippen molar-refractivity contribution < 1.29 is 23.4 Å². The van der Waals surface area contributed by atoms with Gasteiger partial charge in [-0.05, 0) is 84.5 Å². The van der Waals surface area contributed by atoms with Gasteiger partial charge in [-0.2, -0.15) is 4.98 Å². The van der Waals surface area contributed by atoms with Crippen molar-refractivity contribution >= 4 is 28.7 Å². The minimum Gasteiger partial charge on any atom is -0.390 e. The van der Waals surface area contributed by atoms with Gasteiger partial charge in [-0.3, -0.25) is 4.57 Å². The number of hydrogen-bond acceptors (Lipinski definition) is 7. The van der Waals surface area contributed by atoms with E-state index in [9.17, 15) is 23.4 Å². The molecule has 4 N–H and O–H groups in total. The maximum absolute atomic E-state index is 14.5. The molecule has 0 bridgehead atoms. The predicted molar refractivity (Wildman–Crippen MR) is 143 cm³/mol. The van der Waals surface area contributed by atoms with Crippen molar-refractivity contribution in [2.75, 3.05) is 10.6 Å². The van der Waals surface area contributed by atoms with Gasteiger partial charge in [-0.1, -0.05) is 0 Å². The molecule has 0 aliphatic heterocycles. The van der Waals surface area contributed by atoms with Gasteiger partial charge < -0.3 is 20.8 Å². The second-order valence-corrected chi connectivity index (χ2v) is 12.2. The fourth-order valence-corrected chi connectivity index (χ4v) is 6.13. The Kier molecular flexibility index (Phi) is 7.26. The molecule has 0 saturated heterocycles. The van der Waals surface area contributed by atoms with Gasteiger partial charge in [-0.25, -0.2) is 23.1 Å². The summed E-state index contributed by atoms with van der Waals surface area (Å²) < 4.78 is 44.4. The molecule has 0 amide bonds. The molecule has 8 nitrogen and oxygen atoms in total. The summed E-state index contributed by atoms with van der Waals surface area (Å²) in [5.74, 6) is -2.27. The average molecular weight is 547 g/mol. The molecule has 3 aromatic rings. The van der Waals surface area contributed by atoms with Crippen LogP contribution in [0.1, 0.15) is 78.7 Å². The second-order valence-electron chi connectivity index (χ2n) is 12.2. The molecule has 2 aliphatic rings. The lowest BCUT2D eigenvalue weighted by molar-refractivity contribution is -0.000426. The van der Waals surface area contributed by atoms with Crippen molar-refractivity contribution in [1.29, 1.82) is 0 Å². The van der Waals surface area contributed by atoms with Crippen molar-refractivity contribution in [3.05, 3.63) is 35.8 Å². The first-order chi connectivity index (χ1) is 18.3. The van der Waals surface area contributed by atoms with Crippen LogP contribution >= 0.6 is 0 Å². The van der Waals surface area contributed by atoms with Crippen LogP contribution < -0.4 is 10.6 Å². The SMILES string of the molecule is CC(C)(O)C1CCC(Nc2ncc3nc(Nc4c(F)cc(F)cc4F)n([C@H]4CC[C@@H](C(C)(C)O)C4)c3n2)CC1. The van der Waals surface area contributed by atoms with E-state index < -0.39 is 34.3 Å². The average Bonchev–Trinajstić information content (AvgIpc) is 3.45. The Morgan fingerprint density at radius 1 is 0.872 bits per heavy atom. The van der Waals surface area contributed by atoms with E-state index in [1.165, 1.54) is 0 Å². The molecule has 2 aromatic heterocycles. The van der Waals surface area contributed by atoms with Crippen LogP contribution in [0.25, 0.3) is 11.2 Å². The number of aromatic nitrogens is 4. The van der Waals surface area contributed by atoms with Crippen molar-refractivity contribution in [2.45, 2.75) is 95.9 Å². The lowest BCUT2D eigenvalue weighted by Crippen LogP contribution is -2.37. The number of halogens is 3. The standard InChI is InChI=1S/C28H37F3N6O2/c1-27(2,38)15-5-8-18(9-6-15)33-25-32-14-22-24(36-25)37(19-10-7-16(11-19)28(3,4)39)26(34-22)35-23-20(30)12-17(29)13-21(23)31/h12-16,18-19,38-39H,5-11H2,1-4H3,(H,34,35)(H,32,33,36)/t15?,16-,18?,19+/m1/s1. The fraction of sp³-hybridized carbons (Fsp3) is 0.607. The quantitative estimate of drug-likeness (QED) is 0.295. The van der Waals surface area contributed by atoms with Crippen LogP contribution in [0.5, 0.6) is 0 Å². The van der Waals surface area contributed by atoms with Crippen LogP contribution in [-0.2, 0) is 0 Å². The summed E-state index contributed by atoms with van der Waals surface area (Å²) in [5.41, 5.74) is -1.13. The van der Waals surface area contributed by atoms with Gasteiger partial charge in [0.1, 0.15) is 17.0 Å². The summed E-state index contributed by atoms with van der Waals surface area (Å²) in [7, 11) is 0. The maximum atomic E-state index is 14.5. The molecule has 212 valence electrons. The van der Waals surface area contributed by atoms with Gasteiger partial charge in [0.2, 0.25) is 11.9 Å². The van der Waals surface area contributed by atoms with Crippen molar-refractivity contribution in [1.82, 2.24) is 19.5 Å². The number of nitrogens with one attached hydrogen (secondary N) is 2. The highest BCUT2D eigenvalue weighted by Crippen LogP contribution is 2.43. The van der Waals surface area contributed by atoms with Crippen molar-refractivity contribution in [3.8, 4) is 0 Å². The van der Waals surface area contributed by atoms with E-state index >= 15 is 0 Å². The Hall–Kier alpha value is -2.92. The first-order valence-corrected chi connectivity index (χ1v) is 13.7. The Labute approximate surface area is 226 Å². The normalized spacial score (nSPS) is 24.3. The fourth-order valence-electron chi connectivity index (χ4n) is 6.13. The molecule has 2 heterocycles. The first kappa shape index (κ1) is 27.6. The summed E-state index contributed by atoms with van der Waals surface area (Å²) in [4.78, 5) is 13.8. The smallest absolute Gasteiger partial charge is 0.224 e. The molecule has 39 heavy (non-hydrogen) atoms. The predicted octanol–water partition coefficient (Wildman–Crippen LogP) is 5.84. The molecular formula is C28H37F3N6O2. The van der Waals surface area contributed by atoms with Gasteiger partial charge in [0.25, 0.3) is 0 Å². The van der Waals surface area contributed by atoms with Crippen molar-refractivity contribution in [2.24, 2.45) is 11.8 Å². The van der Waals surface area contributed by atoms with Crippen LogP contribution in [0.2, 0.25) is 0 Å². The second kappa shape index (κ2) is 10.2. The third-order valence-electron chi connectivity index (χ3n) is 8.51. The number of aliphatic hydroxyl groups is 2. The third kappa shape index (κ3) is 5.84. The highest BCUT2D eigenvalue weighted by molar-refractivity contribution is 5.76. The molecule has 0 unspecified atom stereocenters. The van der Waals surface area contributed by atoms with Crippen LogP contribution in [0.15, 0.2) is 18.3 Å². The zero-order valence-corrected chi connectivity index (χ0v) is 22.8. The highest BCUT2D eigenvalue weighted by Gasteiger charge is 2.37. The van der Waals surface area contributed by atoms with Gasteiger partial charge in [-0.15, -0.1) is 0 Å². The maximum Gasteiger partial charge on any atom is 0.224 e. The van der Waals surface area contributed by atoms with Crippen LogP contribution in [0, 0.1) is 29.3 Å². The summed E-state index contributed by atoms with van der Waals surface area (Å²) >= 11 is 0. The minimum absolute atomic E-state index is 0.0255. The molecule has 2 saturated carbocycles. The summed E-state index contributed by atoms with van der Waals surface area (Å²) in [5, 5.41) is 27.1. The molecule has 0 spiro atoms. The van der Waals surface area contributed by atoms with Crippen LogP contribution in [0.4, 0.5) is 30.8 Å².